The Morgan fingerprint density at radius 3 is 2.40 bits per heavy atom. The number of nitrogens with zero attached hydrogens (tertiary/aromatic N) is 3. The largest absolute Gasteiger partial charge is 0.492 e. The van der Waals surface area contributed by atoms with Crippen molar-refractivity contribution in [3.8, 4) is 5.75 Å². The zero-order valence-electron chi connectivity index (χ0n) is 22.9. The average molecular weight is 616 g/mol. The van der Waals surface area contributed by atoms with Crippen molar-refractivity contribution in [3.63, 3.8) is 0 Å². The highest BCUT2D eigenvalue weighted by Crippen LogP contribution is 2.29. The number of hydrogen-bond acceptors (Lipinski definition) is 8. The number of benzene rings is 2. The molecule has 0 saturated carbocycles. The van der Waals surface area contributed by atoms with Gasteiger partial charge in [-0.1, -0.05) is 19.4 Å². The van der Waals surface area contributed by atoms with Crippen molar-refractivity contribution in [2.45, 2.75) is 50.8 Å². The molecule has 2 heterocycles. The summed E-state index contributed by atoms with van der Waals surface area (Å²) in [6.07, 6.45) is 6.65. The summed E-state index contributed by atoms with van der Waals surface area (Å²) in [6, 6.07) is 12.8. The van der Waals surface area contributed by atoms with E-state index in [9.17, 15) is 8.42 Å². The van der Waals surface area contributed by atoms with Crippen LogP contribution in [-0.4, -0.2) is 55.0 Å². The van der Waals surface area contributed by atoms with E-state index in [1.165, 1.54) is 12.8 Å². The third-order valence-electron chi connectivity index (χ3n) is 6.43. The normalized spacial score (nSPS) is 13.0. The first-order valence-corrected chi connectivity index (χ1v) is 14.4. The van der Waals surface area contributed by atoms with E-state index >= 15 is 0 Å². The average Bonchev–Trinajstić information content (AvgIpc) is 3.39. The van der Waals surface area contributed by atoms with Crippen LogP contribution in [0.3, 0.4) is 0 Å². The van der Waals surface area contributed by atoms with E-state index in [-0.39, 0.29) is 35.2 Å². The Labute approximate surface area is 249 Å². The maximum Gasteiger partial charge on any atom is 0.238 e. The number of primary sulfonamides is 1. The second-order valence-corrected chi connectivity index (χ2v) is 10.9. The highest BCUT2D eigenvalue weighted by atomic mass is 35.5. The number of ether oxygens (including phenoxy) is 1. The van der Waals surface area contributed by atoms with E-state index in [0.717, 1.165) is 49.5 Å². The minimum atomic E-state index is -3.85. The first kappa shape index (κ1) is 35.4. The molecule has 1 fully saturated rings. The van der Waals surface area contributed by atoms with Gasteiger partial charge in [0, 0.05) is 29.7 Å². The minimum Gasteiger partial charge on any atom is -0.492 e. The monoisotopic (exact) mass is 614 g/mol. The van der Waals surface area contributed by atoms with Crippen molar-refractivity contribution < 1.29 is 18.6 Å². The second-order valence-electron chi connectivity index (χ2n) is 9.33. The van der Waals surface area contributed by atoms with Gasteiger partial charge in [0.1, 0.15) is 18.2 Å². The summed E-state index contributed by atoms with van der Waals surface area (Å²) in [6.45, 7) is 7.92. The predicted octanol–water partition coefficient (Wildman–Crippen LogP) is 4.76. The zero-order valence-corrected chi connectivity index (χ0v) is 25.3. The summed E-state index contributed by atoms with van der Waals surface area (Å²) in [7, 11) is -3.85. The molecular formula is C27H40Cl2N6O4S. The van der Waals surface area contributed by atoms with Gasteiger partial charge in [-0.25, -0.2) is 18.5 Å². The molecule has 40 heavy (non-hydrogen) atoms. The molecule has 3 aromatic rings. The highest BCUT2D eigenvalue weighted by molar-refractivity contribution is 7.89. The molecule has 2 aromatic carbocycles. The van der Waals surface area contributed by atoms with Crippen LogP contribution in [0.15, 0.2) is 53.6 Å². The summed E-state index contributed by atoms with van der Waals surface area (Å²) in [4.78, 5) is 11.6. The molecule has 0 atom stereocenters. The Balaban J connectivity index is 0.00000267. The van der Waals surface area contributed by atoms with Gasteiger partial charge in [-0.05, 0) is 87.7 Å². The molecule has 1 aromatic heterocycles. The van der Waals surface area contributed by atoms with Crippen LogP contribution < -0.4 is 20.5 Å². The Morgan fingerprint density at radius 2 is 1.75 bits per heavy atom. The number of halogens is 2. The van der Waals surface area contributed by atoms with Gasteiger partial charge in [0.05, 0.1) is 4.90 Å². The lowest BCUT2D eigenvalue weighted by molar-refractivity contribution is 0.238. The van der Waals surface area contributed by atoms with Gasteiger partial charge in [0.2, 0.25) is 16.0 Å². The molecule has 1 aliphatic rings. The topological polar surface area (TPSA) is 154 Å². The molecule has 0 bridgehead atoms. The van der Waals surface area contributed by atoms with Gasteiger partial charge in [-0.3, -0.25) is 4.90 Å². The van der Waals surface area contributed by atoms with Gasteiger partial charge >= 0.3 is 0 Å². The number of aromatic nitrogens is 2. The Kier molecular flexibility index (Phi) is 14.6. The number of anilines is 4. The van der Waals surface area contributed by atoms with Crippen molar-refractivity contribution in [2.24, 2.45) is 5.14 Å². The second kappa shape index (κ2) is 16.6. The van der Waals surface area contributed by atoms with Crippen LogP contribution >= 0.6 is 24.8 Å². The third-order valence-corrected chi connectivity index (χ3v) is 7.43. The molecule has 4 rings (SSSR count). The van der Waals surface area contributed by atoms with Crippen molar-refractivity contribution in [1.29, 1.82) is 0 Å². The lowest BCUT2D eigenvalue weighted by Gasteiger charge is -2.17. The zero-order chi connectivity index (χ0) is 26.3. The van der Waals surface area contributed by atoms with Crippen LogP contribution in [0.1, 0.15) is 43.7 Å². The fourth-order valence-corrected chi connectivity index (χ4v) is 5.20. The highest BCUT2D eigenvalue weighted by Gasteiger charge is 2.18. The number of unbranched alkanes of at least 4 members (excludes halogenated alkanes) is 1. The van der Waals surface area contributed by atoms with Gasteiger partial charge in [0.15, 0.2) is 0 Å². The number of hydrogen-bond donors (Lipinski definition) is 3. The molecule has 0 unspecified atom stereocenters. The van der Waals surface area contributed by atoms with E-state index < -0.39 is 10.0 Å². The molecule has 13 heteroatoms. The lowest BCUT2D eigenvalue weighted by atomic mass is 10.1. The molecule has 1 saturated heterocycles. The van der Waals surface area contributed by atoms with Gasteiger partial charge in [0.25, 0.3) is 0 Å². The Morgan fingerprint density at radius 1 is 1.05 bits per heavy atom. The van der Waals surface area contributed by atoms with Crippen LogP contribution in [0, 0.1) is 6.92 Å². The first-order valence-electron chi connectivity index (χ1n) is 12.8. The van der Waals surface area contributed by atoms with E-state index in [0.29, 0.717) is 36.0 Å². The molecule has 222 valence electrons. The number of nitrogens with one attached hydrogen (secondary N) is 2. The van der Waals surface area contributed by atoms with Crippen LogP contribution in [0.4, 0.5) is 23.1 Å². The summed E-state index contributed by atoms with van der Waals surface area (Å²) in [5.41, 5.74) is 3.00. The Hall–Kier alpha value is -2.67. The number of rotatable bonds is 12. The molecular weight excluding hydrogens is 575 g/mol. The number of aryl methyl sites for hydroxylation is 1. The fourth-order valence-electron chi connectivity index (χ4n) is 4.38. The summed E-state index contributed by atoms with van der Waals surface area (Å²) in [5.74, 6) is 1.84. The van der Waals surface area contributed by atoms with Crippen molar-refractivity contribution in [3.05, 3.63) is 59.8 Å². The number of sulfonamides is 1. The fraction of sp³-hybridized carbons (Fsp3) is 0.407. The minimum absolute atomic E-state index is 0. The van der Waals surface area contributed by atoms with Crippen LogP contribution in [-0.2, 0) is 16.4 Å². The first-order chi connectivity index (χ1) is 17.8. The molecule has 10 nitrogen and oxygen atoms in total. The van der Waals surface area contributed by atoms with Crippen LogP contribution in [0.5, 0.6) is 5.75 Å². The van der Waals surface area contributed by atoms with E-state index in [2.05, 4.69) is 32.4 Å². The lowest BCUT2D eigenvalue weighted by Crippen LogP contribution is -2.25. The van der Waals surface area contributed by atoms with Crippen molar-refractivity contribution >= 4 is 58.0 Å². The molecule has 0 radical (unpaired) electrons. The summed E-state index contributed by atoms with van der Waals surface area (Å²) in [5, 5.41) is 12.0. The summed E-state index contributed by atoms with van der Waals surface area (Å²) < 4.78 is 30.3. The maximum absolute atomic E-state index is 12.2. The number of nitrogens with two attached hydrogens (primary N) is 1. The predicted molar refractivity (Wildman–Crippen MR) is 165 cm³/mol. The smallest absolute Gasteiger partial charge is 0.238 e. The van der Waals surface area contributed by atoms with Gasteiger partial charge < -0.3 is 20.8 Å². The molecule has 0 spiro atoms. The Bertz CT molecular complexity index is 1310. The molecule has 6 N–H and O–H groups in total. The van der Waals surface area contributed by atoms with E-state index in [4.69, 9.17) is 9.88 Å². The number of likely N-dealkylation sites (tertiary alicyclic amines) is 1. The van der Waals surface area contributed by atoms with Crippen molar-refractivity contribution in [1.82, 2.24) is 14.9 Å². The maximum atomic E-state index is 12.2. The summed E-state index contributed by atoms with van der Waals surface area (Å²) >= 11 is 0. The van der Waals surface area contributed by atoms with Crippen LogP contribution in [0.25, 0.3) is 0 Å². The molecule has 0 aliphatic carbocycles. The van der Waals surface area contributed by atoms with Gasteiger partial charge in [-0.15, -0.1) is 24.8 Å². The van der Waals surface area contributed by atoms with Crippen molar-refractivity contribution in [2.75, 3.05) is 36.9 Å². The third kappa shape index (κ3) is 9.76. The van der Waals surface area contributed by atoms with Gasteiger partial charge in [-0.2, -0.15) is 4.98 Å². The molecule has 1 aliphatic heterocycles. The SMILES string of the molecule is CCCCc1c(Nc2nc(Nc3ccc(OCCN4CCCC4)cc3)ncc2C)cccc1S(N)(=O)=O.Cl.Cl.O. The molecule has 0 amide bonds. The van der Waals surface area contributed by atoms with E-state index in [1.54, 1.807) is 18.3 Å². The van der Waals surface area contributed by atoms with Crippen LogP contribution in [0.2, 0.25) is 0 Å². The quantitative estimate of drug-likeness (QED) is 0.264. The van der Waals surface area contributed by atoms with E-state index in [1.807, 2.05) is 37.3 Å². The standard InChI is InChI=1S/C27H36N6O3S.2ClH.H2O/c1-3-4-8-23-24(9-7-10-25(23)37(28,34)35)31-26-20(2)19-29-27(32-26)30-21-11-13-22(14-12-21)36-18-17-33-15-5-6-16-33;;;/h7,9-14,19H,3-6,8,15-18H2,1-2H3,(H2,28,34,35)(H2,29,30,31,32);2*1H;1H2.